The number of carbonyl (C=O) groups is 4. The SMILES string of the molecule is CCCOC(=O)[C@H](C)NP(=O)(Oc1ccccc1)[C@H](F)c1ccc2sc(C(=O)N[C@H]3CC[C@H](N(C)[C@@H]4CC[C@H](OC(F)(F)F)C4)C[C@H]4CC[C@@H](C(=O)N5C[C@H](c6ccccc6)CC56CC6)N4C3=O)cc2c1. The van der Waals surface area contributed by atoms with E-state index in [1.807, 2.05) is 37.1 Å². The Morgan fingerprint density at radius 2 is 1.63 bits per heavy atom. The van der Waals surface area contributed by atoms with Crippen LogP contribution in [0.4, 0.5) is 17.6 Å². The van der Waals surface area contributed by atoms with Crippen LogP contribution in [0.2, 0.25) is 0 Å². The quantitative estimate of drug-likeness (QED) is 0.0632. The molecule has 2 aliphatic carbocycles. The molecule has 2 saturated carbocycles. The fourth-order valence-corrected chi connectivity index (χ4v) is 14.3. The number of alkyl halides is 4. The van der Waals surface area contributed by atoms with E-state index in [2.05, 4.69) is 32.2 Å². The molecule has 3 amide bonds. The molecule has 9 rings (SSSR count). The summed E-state index contributed by atoms with van der Waals surface area (Å²) in [4.78, 5) is 63.1. The number of para-hydroxylation sites is 1. The van der Waals surface area contributed by atoms with Gasteiger partial charge in [0.05, 0.1) is 17.6 Å². The Morgan fingerprint density at radius 3 is 2.34 bits per heavy atom. The lowest BCUT2D eigenvalue weighted by molar-refractivity contribution is -0.341. The summed E-state index contributed by atoms with van der Waals surface area (Å²) in [6.45, 7) is 3.93. The largest absolute Gasteiger partial charge is 0.522 e. The van der Waals surface area contributed by atoms with Crippen LogP contribution in [0.25, 0.3) is 10.1 Å². The van der Waals surface area contributed by atoms with Crippen LogP contribution >= 0.6 is 18.9 Å². The highest BCUT2D eigenvalue weighted by Gasteiger charge is 2.59. The first-order valence-corrected chi connectivity index (χ1v) is 27.4. The van der Waals surface area contributed by atoms with E-state index in [4.69, 9.17) is 9.26 Å². The van der Waals surface area contributed by atoms with Crippen LogP contribution in [-0.4, -0.2) is 113 Å². The number of thiophene rings is 1. The fourth-order valence-electron chi connectivity index (χ4n) is 11.5. The highest BCUT2D eigenvalue weighted by Crippen LogP contribution is 2.58. The van der Waals surface area contributed by atoms with Gasteiger partial charge in [-0.2, -0.15) is 0 Å². The molecule has 3 aromatic carbocycles. The maximum Gasteiger partial charge on any atom is 0.522 e. The van der Waals surface area contributed by atoms with E-state index in [1.165, 1.54) is 36.8 Å². The van der Waals surface area contributed by atoms with E-state index < -0.39 is 55.9 Å². The number of esters is 1. The van der Waals surface area contributed by atoms with Crippen LogP contribution in [0.3, 0.4) is 0 Å². The Labute approximate surface area is 415 Å². The molecule has 71 heavy (non-hydrogen) atoms. The van der Waals surface area contributed by atoms with Crippen molar-refractivity contribution in [2.24, 2.45) is 0 Å². The summed E-state index contributed by atoms with van der Waals surface area (Å²) in [6, 6.07) is 20.7. The maximum atomic E-state index is 16.8. The van der Waals surface area contributed by atoms with Crippen LogP contribution < -0.4 is 14.9 Å². The highest BCUT2D eigenvalue weighted by atomic mass is 32.1. The number of hydrogen-bond acceptors (Lipinski definition) is 10. The molecule has 4 aromatic rings. The second-order valence-electron chi connectivity index (χ2n) is 20.1. The highest BCUT2D eigenvalue weighted by molar-refractivity contribution is 7.57. The van der Waals surface area contributed by atoms with Crippen molar-refractivity contribution in [1.29, 1.82) is 0 Å². The molecular formula is C52H62F4N5O8PS. The van der Waals surface area contributed by atoms with E-state index in [-0.39, 0.29) is 83.5 Å². The minimum atomic E-state index is -4.73. The molecule has 5 fully saturated rings. The van der Waals surface area contributed by atoms with E-state index in [9.17, 15) is 32.1 Å². The van der Waals surface area contributed by atoms with Gasteiger partial charge in [0, 0.05) is 40.8 Å². The van der Waals surface area contributed by atoms with Crippen LogP contribution in [0.15, 0.2) is 84.9 Å². The van der Waals surface area contributed by atoms with Gasteiger partial charge in [-0.1, -0.05) is 61.5 Å². The number of rotatable bonds is 16. The minimum absolute atomic E-state index is 0.0242. The first kappa shape index (κ1) is 51.0. The van der Waals surface area contributed by atoms with Crippen LogP contribution in [-0.2, 0) is 28.4 Å². The van der Waals surface area contributed by atoms with Gasteiger partial charge in [-0.05, 0) is 138 Å². The van der Waals surface area contributed by atoms with E-state index >= 15 is 9.18 Å². The lowest BCUT2D eigenvalue weighted by Crippen LogP contribution is -2.59. The summed E-state index contributed by atoms with van der Waals surface area (Å²) < 4.78 is 87.0. The van der Waals surface area contributed by atoms with Gasteiger partial charge in [0.2, 0.25) is 17.7 Å². The molecule has 4 heterocycles. The molecule has 19 heteroatoms. The van der Waals surface area contributed by atoms with Crippen molar-refractivity contribution < 1.29 is 55.3 Å². The predicted octanol–water partition coefficient (Wildman–Crippen LogP) is 10.0. The van der Waals surface area contributed by atoms with Crippen molar-refractivity contribution in [2.45, 2.75) is 157 Å². The Morgan fingerprint density at radius 1 is 0.930 bits per heavy atom. The van der Waals surface area contributed by atoms with Gasteiger partial charge in [-0.3, -0.25) is 28.5 Å². The second-order valence-corrected chi connectivity index (χ2v) is 23.2. The standard InChI is InChI=1S/C52H62F4N5O8PS/c1-4-25-67-50(65)32(2)58-70(66,69-40-13-9-6-10-14-40)46(53)34-15-22-44-35(26-34)27-45(71-44)47(62)57-42-20-17-37(59(3)38-16-19-41(29-38)68-52(54,55)56)28-39-18-21-43(61(39)48(42)63)49(64)60-31-36(30-51(60)23-24-51)33-11-7-5-8-12-33/h5-15,22,26-27,32,36-39,41-43,46H,4,16-21,23-25,28-31H2,1-3H3,(H,57,62)(H,58,66)/t32-,36+,37-,38+,39+,41-,42-,43-,46-,70?/m0/s1. The summed E-state index contributed by atoms with van der Waals surface area (Å²) in [5.41, 5.74) is 0.904. The molecule has 3 aliphatic heterocycles. The molecule has 1 unspecified atom stereocenters. The Bertz CT molecular complexity index is 2620. The normalized spacial score (nSPS) is 26.9. The third-order valence-corrected chi connectivity index (χ3v) is 18.5. The van der Waals surface area contributed by atoms with Gasteiger partial charge in [-0.15, -0.1) is 24.5 Å². The Balaban J connectivity index is 0.959. The second kappa shape index (κ2) is 20.9. The van der Waals surface area contributed by atoms with Crippen molar-refractivity contribution in [3.63, 3.8) is 0 Å². The molecule has 1 aromatic heterocycles. The number of benzene rings is 3. The van der Waals surface area contributed by atoms with Gasteiger partial charge in [0.1, 0.15) is 23.9 Å². The Hall–Kier alpha value is -4.87. The smallest absolute Gasteiger partial charge is 0.465 e. The number of ether oxygens (including phenoxy) is 2. The number of amides is 3. The van der Waals surface area contributed by atoms with Gasteiger partial charge in [0.25, 0.3) is 5.91 Å². The Kier molecular flexibility index (Phi) is 15.0. The number of hydrogen-bond donors (Lipinski definition) is 2. The average molecular weight is 1020 g/mol. The molecule has 2 N–H and O–H groups in total. The topological polar surface area (TPSA) is 147 Å². The number of carbonyl (C=O) groups excluding carboxylic acids is 4. The number of halogens is 4. The molecule has 1 spiro atoms. The number of nitrogens with one attached hydrogen (secondary N) is 2. The van der Waals surface area contributed by atoms with Gasteiger partial charge in [-0.25, -0.2) is 9.48 Å². The number of likely N-dealkylation sites (tertiary alicyclic amines) is 1. The van der Waals surface area contributed by atoms with Crippen LogP contribution in [0.1, 0.15) is 124 Å². The van der Waals surface area contributed by atoms with Gasteiger partial charge < -0.3 is 29.3 Å². The van der Waals surface area contributed by atoms with Crippen LogP contribution in [0.5, 0.6) is 5.75 Å². The molecule has 5 aliphatic rings. The van der Waals surface area contributed by atoms with Crippen molar-refractivity contribution in [1.82, 2.24) is 25.1 Å². The van der Waals surface area contributed by atoms with Crippen molar-refractivity contribution >= 4 is 52.6 Å². The van der Waals surface area contributed by atoms with E-state index in [0.29, 0.717) is 55.2 Å². The molecule has 0 bridgehead atoms. The van der Waals surface area contributed by atoms with Crippen LogP contribution in [0, 0.1) is 0 Å². The third kappa shape index (κ3) is 11.2. The lowest BCUT2D eigenvalue weighted by Gasteiger charge is -2.42. The zero-order valence-electron chi connectivity index (χ0n) is 40.2. The van der Waals surface area contributed by atoms with Crippen molar-refractivity contribution in [2.75, 3.05) is 20.2 Å². The predicted molar refractivity (Wildman–Crippen MR) is 261 cm³/mol. The monoisotopic (exact) mass is 1020 g/mol. The third-order valence-electron chi connectivity index (χ3n) is 15.3. The molecule has 0 radical (unpaired) electrons. The first-order chi connectivity index (χ1) is 33.9. The van der Waals surface area contributed by atoms with Crippen molar-refractivity contribution in [3.8, 4) is 5.75 Å². The summed E-state index contributed by atoms with van der Waals surface area (Å²) >= 11 is 1.13. The fraction of sp³-hybridized carbons (Fsp3) is 0.538. The first-order valence-electron chi connectivity index (χ1n) is 24.9. The molecule has 13 nitrogen and oxygen atoms in total. The molecular weight excluding hydrogens is 962 g/mol. The van der Waals surface area contributed by atoms with E-state index in [1.54, 1.807) is 35.2 Å². The minimum Gasteiger partial charge on any atom is -0.465 e. The van der Waals surface area contributed by atoms with Crippen molar-refractivity contribution in [3.05, 3.63) is 101 Å². The summed E-state index contributed by atoms with van der Waals surface area (Å²) in [5.74, 6) is -3.65. The molecule has 3 saturated heterocycles. The number of fused-ring (bicyclic) bond motifs is 2. The molecule has 382 valence electrons. The number of nitrogens with zero attached hydrogens (tertiary/aromatic N) is 3. The lowest BCUT2D eigenvalue weighted by atomic mass is 9.92. The zero-order chi connectivity index (χ0) is 50.2. The molecule has 10 atom stereocenters. The zero-order valence-corrected chi connectivity index (χ0v) is 41.9. The summed E-state index contributed by atoms with van der Waals surface area (Å²) in [7, 11) is -2.61. The van der Waals surface area contributed by atoms with Gasteiger partial charge >= 0.3 is 19.9 Å². The van der Waals surface area contributed by atoms with E-state index in [0.717, 1.165) is 30.6 Å². The summed E-state index contributed by atoms with van der Waals surface area (Å²) in [6.07, 6.45) is 0.736. The maximum absolute atomic E-state index is 16.8. The average Bonchev–Trinajstić information content (AvgIpc) is 3.73. The summed E-state index contributed by atoms with van der Waals surface area (Å²) in [5, 5.41) is 6.06. The van der Waals surface area contributed by atoms with Gasteiger partial charge in [0.15, 0.2) is 0 Å².